The number of nitrogens with zero attached hydrogens (tertiary/aromatic N) is 1. The summed E-state index contributed by atoms with van der Waals surface area (Å²) < 4.78 is 0. The van der Waals surface area contributed by atoms with Crippen molar-refractivity contribution in [2.75, 3.05) is 12.3 Å². The fourth-order valence-corrected chi connectivity index (χ4v) is 13.5. The molecule has 5 aliphatic carbocycles. The minimum Gasteiger partial charge on any atom is -0.481 e. The van der Waals surface area contributed by atoms with Crippen molar-refractivity contribution in [1.82, 2.24) is 15.5 Å². The Bertz CT molecular complexity index is 1650. The zero-order valence-electron chi connectivity index (χ0n) is 29.3. The van der Waals surface area contributed by atoms with Gasteiger partial charge in [-0.05, 0) is 132 Å². The second kappa shape index (κ2) is 9.74. The van der Waals surface area contributed by atoms with Crippen LogP contribution in [0.4, 0.5) is 5.82 Å². The first-order chi connectivity index (χ1) is 21.6. The van der Waals surface area contributed by atoms with Crippen LogP contribution < -0.4 is 11.1 Å². The van der Waals surface area contributed by atoms with Gasteiger partial charge in [-0.3, -0.25) is 9.89 Å². The van der Waals surface area contributed by atoms with E-state index >= 15 is 0 Å². The Morgan fingerprint density at radius 1 is 1.00 bits per heavy atom. The molecule has 7 unspecified atom stereocenters. The Morgan fingerprint density at radius 2 is 1.78 bits per heavy atom. The van der Waals surface area contributed by atoms with Crippen LogP contribution in [0.2, 0.25) is 0 Å². The molecule has 8 rings (SSSR count). The van der Waals surface area contributed by atoms with Crippen molar-refractivity contribution in [3.63, 3.8) is 0 Å². The molecule has 6 heteroatoms. The van der Waals surface area contributed by atoms with Crippen LogP contribution in [0.15, 0.2) is 23.8 Å². The third kappa shape index (κ3) is 3.91. The fourth-order valence-electron chi connectivity index (χ4n) is 13.5. The highest BCUT2D eigenvalue weighted by molar-refractivity contribution is 5.77. The summed E-state index contributed by atoms with van der Waals surface area (Å²) in [6.07, 6.45) is 9.52. The van der Waals surface area contributed by atoms with Gasteiger partial charge in [-0.25, -0.2) is 0 Å². The van der Waals surface area contributed by atoms with Gasteiger partial charge in [0.1, 0.15) is 5.82 Å². The monoisotopic (exact) mass is 624 g/mol. The number of benzene rings is 1. The molecule has 248 valence electrons. The highest BCUT2D eigenvalue weighted by Crippen LogP contribution is 2.76. The van der Waals surface area contributed by atoms with Gasteiger partial charge < -0.3 is 16.2 Å². The molecule has 0 spiro atoms. The number of aromatic nitrogens is 2. The molecule has 46 heavy (non-hydrogen) atoms. The maximum absolute atomic E-state index is 12.9. The molecule has 1 aromatic carbocycles. The highest BCUT2D eigenvalue weighted by Gasteiger charge is 2.68. The van der Waals surface area contributed by atoms with Gasteiger partial charge in [0.25, 0.3) is 0 Å². The molecule has 1 aromatic heterocycles. The molecule has 5 N–H and O–H groups in total. The van der Waals surface area contributed by atoms with E-state index in [1.807, 2.05) is 0 Å². The summed E-state index contributed by atoms with van der Waals surface area (Å²) in [5.41, 5.74) is 17.0. The van der Waals surface area contributed by atoms with E-state index in [1.54, 1.807) is 11.1 Å². The van der Waals surface area contributed by atoms with Crippen molar-refractivity contribution in [2.24, 2.45) is 51.2 Å². The van der Waals surface area contributed by atoms with Crippen molar-refractivity contribution < 1.29 is 9.90 Å². The van der Waals surface area contributed by atoms with Crippen molar-refractivity contribution in [2.45, 2.75) is 118 Å². The number of hydrogen-bond acceptors (Lipinski definition) is 4. The summed E-state index contributed by atoms with van der Waals surface area (Å²) in [5, 5.41) is 22.2. The Balaban J connectivity index is 1.38. The molecule has 6 nitrogen and oxygen atoms in total. The average molecular weight is 625 g/mol. The molecule has 8 atom stereocenters. The predicted molar refractivity (Wildman–Crippen MR) is 184 cm³/mol. The minimum atomic E-state index is -0.581. The van der Waals surface area contributed by atoms with Crippen LogP contribution in [0.3, 0.4) is 0 Å². The Hall–Kier alpha value is -2.60. The van der Waals surface area contributed by atoms with E-state index in [2.05, 4.69) is 82.2 Å². The number of carboxylic acid groups (broad SMARTS) is 1. The highest BCUT2D eigenvalue weighted by atomic mass is 16.4. The predicted octanol–water partition coefficient (Wildman–Crippen LogP) is 7.92. The van der Waals surface area contributed by atoms with Crippen LogP contribution >= 0.6 is 0 Å². The summed E-state index contributed by atoms with van der Waals surface area (Å²) in [4.78, 5) is 12.9. The molecule has 3 saturated carbocycles. The number of nitrogens with two attached hydrogens (primary N) is 1. The number of aliphatic carboxylic acids is 1. The largest absolute Gasteiger partial charge is 0.481 e. The first-order valence-corrected chi connectivity index (χ1v) is 18.2. The number of nitrogen functional groups attached to an aromatic ring is 1. The van der Waals surface area contributed by atoms with Gasteiger partial charge >= 0.3 is 5.97 Å². The second-order valence-corrected chi connectivity index (χ2v) is 18.6. The lowest BCUT2D eigenvalue weighted by molar-refractivity contribution is -0.161. The third-order valence-corrected chi connectivity index (χ3v) is 15.6. The summed E-state index contributed by atoms with van der Waals surface area (Å²) in [6, 6.07) is 7.04. The Labute approximate surface area is 275 Å². The molecule has 2 heterocycles. The SMILES string of the molecule is CC1(C)CC2C3=C(c4cccc5c4CCNC5)CC4C5(C)Cc6c(N)n[nH]c6C(C)(C)C5CCC4(C)C3(C)CCC2[C@H](C(=O)O)C1. The standard InChI is InChI=1S/C40H56N4O2/c1-36(2)18-27-25(28(19-36)35(45)46)11-14-40(7)32(27)26(24-10-8-9-22-21-42-16-13-23(22)24)17-31-38(5)20-29-33(43-44-34(29)41)37(3,4)30(38)12-15-39(31,40)6/h8-10,25,27-28,30-31,42H,11-21H2,1-7H3,(H,45,46)(H3,41,43,44)/t25?,27?,28-,30?,31?,38?,39?,40?/m1/s1. The number of carbonyl (C=O) groups is 1. The van der Waals surface area contributed by atoms with E-state index in [4.69, 9.17) is 5.73 Å². The van der Waals surface area contributed by atoms with Crippen molar-refractivity contribution in [1.29, 1.82) is 0 Å². The van der Waals surface area contributed by atoms with Crippen LogP contribution in [0, 0.1) is 51.2 Å². The van der Waals surface area contributed by atoms with Crippen LogP contribution in [-0.2, 0) is 29.6 Å². The summed E-state index contributed by atoms with van der Waals surface area (Å²) >= 11 is 0. The number of H-pyrrole nitrogens is 1. The quantitative estimate of drug-likeness (QED) is 0.272. The summed E-state index contributed by atoms with van der Waals surface area (Å²) in [6.45, 7) is 19.4. The lowest BCUT2D eigenvalue weighted by atomic mass is 9.33. The van der Waals surface area contributed by atoms with Gasteiger partial charge in [0.05, 0.1) is 5.92 Å². The minimum absolute atomic E-state index is 0.00458. The molecule has 0 bridgehead atoms. The maximum Gasteiger partial charge on any atom is 0.306 e. The molecule has 3 fully saturated rings. The van der Waals surface area contributed by atoms with Gasteiger partial charge in [0.2, 0.25) is 0 Å². The molecule has 2 aromatic rings. The molecule has 6 aliphatic rings. The summed E-state index contributed by atoms with van der Waals surface area (Å²) in [5.74, 6) is 1.40. The number of fused-ring (bicyclic) bond motifs is 9. The van der Waals surface area contributed by atoms with E-state index in [1.165, 1.54) is 40.8 Å². The number of allylic oxidation sites excluding steroid dienone is 2. The molecule has 0 radical (unpaired) electrons. The number of aromatic amines is 1. The van der Waals surface area contributed by atoms with Crippen LogP contribution in [0.1, 0.15) is 121 Å². The van der Waals surface area contributed by atoms with Gasteiger partial charge in [-0.1, -0.05) is 72.2 Å². The van der Waals surface area contributed by atoms with E-state index < -0.39 is 5.97 Å². The van der Waals surface area contributed by atoms with Crippen molar-refractivity contribution in [3.8, 4) is 0 Å². The normalized spacial score (nSPS) is 40.5. The number of carboxylic acids is 1. The lowest BCUT2D eigenvalue weighted by Crippen LogP contribution is -2.64. The fraction of sp³-hybridized carbons (Fsp3) is 0.700. The number of rotatable bonds is 2. The smallest absolute Gasteiger partial charge is 0.306 e. The Morgan fingerprint density at radius 3 is 2.54 bits per heavy atom. The van der Waals surface area contributed by atoms with Gasteiger partial charge in [-0.15, -0.1) is 0 Å². The zero-order valence-corrected chi connectivity index (χ0v) is 29.3. The molecular formula is C40H56N4O2. The lowest BCUT2D eigenvalue weighted by Gasteiger charge is -2.70. The topological polar surface area (TPSA) is 104 Å². The number of hydrogen-bond donors (Lipinski definition) is 4. The number of nitrogens with one attached hydrogen (secondary N) is 2. The third-order valence-electron chi connectivity index (χ3n) is 15.6. The summed E-state index contributed by atoms with van der Waals surface area (Å²) in [7, 11) is 0. The molecular weight excluding hydrogens is 568 g/mol. The van der Waals surface area contributed by atoms with Crippen molar-refractivity contribution in [3.05, 3.63) is 51.7 Å². The first-order valence-electron chi connectivity index (χ1n) is 18.2. The number of anilines is 1. The molecule has 0 amide bonds. The van der Waals surface area contributed by atoms with Gasteiger partial charge in [0.15, 0.2) is 0 Å². The van der Waals surface area contributed by atoms with E-state index in [-0.39, 0.29) is 38.9 Å². The average Bonchev–Trinajstić information content (AvgIpc) is 3.36. The van der Waals surface area contributed by atoms with E-state index in [9.17, 15) is 9.90 Å². The van der Waals surface area contributed by atoms with Crippen molar-refractivity contribution >= 4 is 17.4 Å². The van der Waals surface area contributed by atoms with Crippen LogP contribution in [-0.4, -0.2) is 27.8 Å². The maximum atomic E-state index is 12.9. The second-order valence-electron chi connectivity index (χ2n) is 18.6. The van der Waals surface area contributed by atoms with Gasteiger partial charge in [0, 0.05) is 23.2 Å². The zero-order chi connectivity index (χ0) is 32.6. The molecule has 0 saturated heterocycles. The van der Waals surface area contributed by atoms with E-state index in [0.717, 1.165) is 58.0 Å². The Kier molecular flexibility index (Phi) is 6.50. The van der Waals surface area contributed by atoms with Gasteiger partial charge in [-0.2, -0.15) is 5.10 Å². The van der Waals surface area contributed by atoms with Crippen LogP contribution in [0.5, 0.6) is 0 Å². The van der Waals surface area contributed by atoms with Crippen LogP contribution in [0.25, 0.3) is 5.57 Å². The first kappa shape index (κ1) is 30.7. The van der Waals surface area contributed by atoms with E-state index in [0.29, 0.717) is 23.6 Å². The molecule has 1 aliphatic heterocycles.